The van der Waals surface area contributed by atoms with Gasteiger partial charge in [-0.3, -0.25) is 9.59 Å². The van der Waals surface area contributed by atoms with Crippen molar-refractivity contribution < 1.29 is 27.9 Å². The number of carboxylic acids is 1. The van der Waals surface area contributed by atoms with Crippen LogP contribution >= 0.6 is 0 Å². The molecule has 1 amide bonds. The smallest absolute Gasteiger partial charge is 0.391 e. The van der Waals surface area contributed by atoms with Crippen LogP contribution in [-0.2, 0) is 9.59 Å². The highest BCUT2D eigenvalue weighted by Crippen LogP contribution is 2.39. The van der Waals surface area contributed by atoms with Crippen molar-refractivity contribution in [3.8, 4) is 0 Å². The van der Waals surface area contributed by atoms with Gasteiger partial charge in [0, 0.05) is 12.0 Å². The van der Waals surface area contributed by atoms with Crippen molar-refractivity contribution >= 4 is 11.9 Å². The first-order chi connectivity index (χ1) is 9.12. The summed E-state index contributed by atoms with van der Waals surface area (Å²) in [6, 6.07) is -0.541. The average molecular weight is 295 g/mol. The Morgan fingerprint density at radius 3 is 2.05 bits per heavy atom. The van der Waals surface area contributed by atoms with Gasteiger partial charge in [0.1, 0.15) is 0 Å². The molecular weight excluding hydrogens is 275 g/mol. The maximum absolute atomic E-state index is 12.5. The predicted octanol–water partition coefficient (Wildman–Crippen LogP) is 2.58. The molecule has 1 fully saturated rings. The van der Waals surface area contributed by atoms with Gasteiger partial charge in [0.05, 0.1) is 11.8 Å². The first kappa shape index (κ1) is 16.8. The predicted molar refractivity (Wildman–Crippen MR) is 65.9 cm³/mol. The Bertz CT molecular complexity index is 362. The number of hydrogen-bond acceptors (Lipinski definition) is 2. The maximum atomic E-state index is 12.5. The first-order valence-electron chi connectivity index (χ1n) is 6.72. The Hall–Kier alpha value is -1.27. The molecule has 20 heavy (non-hydrogen) atoms. The third-order valence-corrected chi connectivity index (χ3v) is 4.07. The second-order valence-electron chi connectivity index (χ2n) is 5.51. The minimum absolute atomic E-state index is 0.0373. The molecule has 0 aromatic carbocycles. The summed E-state index contributed by atoms with van der Waals surface area (Å²) in [5.41, 5.74) is 0. The zero-order valence-corrected chi connectivity index (χ0v) is 11.5. The summed E-state index contributed by atoms with van der Waals surface area (Å²) in [6.45, 7) is 3.06. The molecule has 4 nitrogen and oxygen atoms in total. The van der Waals surface area contributed by atoms with Crippen LogP contribution in [0, 0.1) is 17.8 Å². The largest absolute Gasteiger partial charge is 0.481 e. The summed E-state index contributed by atoms with van der Waals surface area (Å²) < 4.78 is 37.5. The number of rotatable bonds is 4. The molecule has 1 saturated carbocycles. The Balaban J connectivity index is 2.45. The zero-order valence-electron chi connectivity index (χ0n) is 11.5. The monoisotopic (exact) mass is 295 g/mol. The van der Waals surface area contributed by atoms with Gasteiger partial charge in [-0.25, -0.2) is 0 Å². The molecule has 0 aliphatic heterocycles. The van der Waals surface area contributed by atoms with Crippen molar-refractivity contribution in [1.29, 1.82) is 0 Å². The van der Waals surface area contributed by atoms with Gasteiger partial charge in [-0.2, -0.15) is 13.2 Å². The molecule has 0 bridgehead atoms. The van der Waals surface area contributed by atoms with E-state index in [1.807, 2.05) is 0 Å². The van der Waals surface area contributed by atoms with E-state index in [1.54, 1.807) is 6.92 Å². The van der Waals surface area contributed by atoms with Gasteiger partial charge in [-0.05, 0) is 39.5 Å². The van der Waals surface area contributed by atoms with Crippen molar-refractivity contribution in [2.24, 2.45) is 17.8 Å². The highest BCUT2D eigenvalue weighted by molar-refractivity contribution is 5.80. The van der Waals surface area contributed by atoms with Crippen LogP contribution in [0.5, 0.6) is 0 Å². The maximum Gasteiger partial charge on any atom is 0.391 e. The van der Waals surface area contributed by atoms with E-state index in [0.717, 1.165) is 0 Å². The van der Waals surface area contributed by atoms with E-state index in [1.165, 1.54) is 6.92 Å². The van der Waals surface area contributed by atoms with Crippen LogP contribution < -0.4 is 5.32 Å². The van der Waals surface area contributed by atoms with E-state index >= 15 is 0 Å². The van der Waals surface area contributed by atoms with Crippen LogP contribution in [0.4, 0.5) is 13.2 Å². The van der Waals surface area contributed by atoms with E-state index in [2.05, 4.69) is 5.32 Å². The fourth-order valence-corrected chi connectivity index (χ4v) is 2.36. The van der Waals surface area contributed by atoms with Crippen LogP contribution in [0.2, 0.25) is 0 Å². The highest BCUT2D eigenvalue weighted by Gasteiger charge is 2.42. The molecule has 1 rings (SSSR count). The number of nitrogens with one attached hydrogen (secondary N) is 1. The minimum atomic E-state index is -4.19. The molecule has 1 aliphatic rings. The van der Waals surface area contributed by atoms with E-state index < -0.39 is 35.9 Å². The van der Waals surface area contributed by atoms with Gasteiger partial charge in [-0.15, -0.1) is 0 Å². The minimum Gasteiger partial charge on any atom is -0.481 e. The van der Waals surface area contributed by atoms with E-state index in [0.29, 0.717) is 0 Å². The Morgan fingerprint density at radius 2 is 1.65 bits per heavy atom. The van der Waals surface area contributed by atoms with Crippen molar-refractivity contribution in [2.75, 3.05) is 0 Å². The molecule has 0 saturated heterocycles. The topological polar surface area (TPSA) is 66.4 Å². The number of hydrogen-bond donors (Lipinski definition) is 2. The standard InChI is InChI=1S/C13H20F3NO3/c1-7(12(19)20)8(2)17-11(18)9-3-5-10(6-4-9)13(14,15)16/h7-10H,3-6H2,1-2H3,(H,17,18)(H,19,20). The lowest BCUT2D eigenvalue weighted by Crippen LogP contribution is -2.44. The van der Waals surface area contributed by atoms with Crippen LogP contribution in [0.3, 0.4) is 0 Å². The molecule has 116 valence electrons. The number of carbonyl (C=O) groups is 2. The lowest BCUT2D eigenvalue weighted by Gasteiger charge is -2.30. The molecule has 0 aromatic rings. The van der Waals surface area contributed by atoms with Gasteiger partial charge in [0.2, 0.25) is 5.91 Å². The molecule has 0 aromatic heterocycles. The van der Waals surface area contributed by atoms with Crippen molar-refractivity contribution in [1.82, 2.24) is 5.32 Å². The SMILES string of the molecule is CC(NC(=O)C1CCC(C(F)(F)F)CC1)C(C)C(=O)O. The van der Waals surface area contributed by atoms with Gasteiger partial charge in [0.15, 0.2) is 0 Å². The quantitative estimate of drug-likeness (QED) is 0.837. The molecule has 0 heterocycles. The lowest BCUT2D eigenvalue weighted by molar-refractivity contribution is -0.184. The normalized spacial score (nSPS) is 26.6. The molecule has 1 aliphatic carbocycles. The Labute approximate surface area is 115 Å². The van der Waals surface area contributed by atoms with Crippen LogP contribution in [-0.4, -0.2) is 29.2 Å². The summed E-state index contributed by atoms with van der Waals surface area (Å²) >= 11 is 0. The van der Waals surface area contributed by atoms with Gasteiger partial charge in [-0.1, -0.05) is 0 Å². The number of alkyl halides is 3. The van der Waals surface area contributed by atoms with E-state index in [9.17, 15) is 22.8 Å². The molecular formula is C13H20F3NO3. The highest BCUT2D eigenvalue weighted by atomic mass is 19.4. The fourth-order valence-electron chi connectivity index (χ4n) is 2.36. The molecule has 0 radical (unpaired) electrons. The van der Waals surface area contributed by atoms with Crippen LogP contribution in [0.15, 0.2) is 0 Å². The average Bonchev–Trinajstić information content (AvgIpc) is 2.36. The van der Waals surface area contributed by atoms with Gasteiger partial charge < -0.3 is 10.4 Å². The third-order valence-electron chi connectivity index (χ3n) is 4.07. The van der Waals surface area contributed by atoms with E-state index in [4.69, 9.17) is 5.11 Å². The van der Waals surface area contributed by atoms with Gasteiger partial charge >= 0.3 is 12.1 Å². The summed E-state index contributed by atoms with van der Waals surface area (Å²) in [4.78, 5) is 22.7. The fraction of sp³-hybridized carbons (Fsp3) is 0.846. The summed E-state index contributed by atoms with van der Waals surface area (Å²) in [5, 5.41) is 11.4. The molecule has 2 unspecified atom stereocenters. The molecule has 2 atom stereocenters. The molecule has 2 N–H and O–H groups in total. The van der Waals surface area contributed by atoms with Crippen LogP contribution in [0.25, 0.3) is 0 Å². The van der Waals surface area contributed by atoms with Crippen molar-refractivity contribution in [2.45, 2.75) is 51.7 Å². The van der Waals surface area contributed by atoms with Crippen molar-refractivity contribution in [3.05, 3.63) is 0 Å². The second kappa shape index (κ2) is 6.45. The van der Waals surface area contributed by atoms with Gasteiger partial charge in [0.25, 0.3) is 0 Å². The summed E-state index contributed by atoms with van der Waals surface area (Å²) in [5.74, 6) is -3.85. The third kappa shape index (κ3) is 4.38. The summed E-state index contributed by atoms with van der Waals surface area (Å²) in [7, 11) is 0. The number of carboxylic acid groups (broad SMARTS) is 1. The number of halogens is 3. The molecule has 0 spiro atoms. The Morgan fingerprint density at radius 1 is 1.15 bits per heavy atom. The summed E-state index contributed by atoms with van der Waals surface area (Å²) in [6.07, 6.45) is -3.87. The molecule has 7 heteroatoms. The van der Waals surface area contributed by atoms with E-state index in [-0.39, 0.29) is 31.6 Å². The van der Waals surface area contributed by atoms with Crippen LogP contribution in [0.1, 0.15) is 39.5 Å². The number of aliphatic carboxylic acids is 1. The number of carbonyl (C=O) groups excluding carboxylic acids is 1. The lowest BCUT2D eigenvalue weighted by atomic mass is 9.81. The first-order valence-corrected chi connectivity index (χ1v) is 6.72. The second-order valence-corrected chi connectivity index (χ2v) is 5.51. The Kier molecular flexibility index (Phi) is 5.42. The van der Waals surface area contributed by atoms with Crippen molar-refractivity contribution in [3.63, 3.8) is 0 Å². The number of amides is 1. The zero-order chi connectivity index (χ0) is 15.5.